The van der Waals surface area contributed by atoms with Crippen LogP contribution in [0.15, 0.2) is 12.1 Å². The van der Waals surface area contributed by atoms with Crippen molar-refractivity contribution in [3.63, 3.8) is 0 Å². The lowest BCUT2D eigenvalue weighted by Crippen LogP contribution is -2.29. The number of aromatic hydroxyl groups is 1. The highest BCUT2D eigenvalue weighted by atomic mass is 16.5. The third-order valence-corrected chi connectivity index (χ3v) is 3.63. The molecule has 0 fully saturated rings. The zero-order valence-corrected chi connectivity index (χ0v) is 13.4. The second-order valence-electron chi connectivity index (χ2n) is 5.31. The normalized spacial score (nSPS) is 10.9. The van der Waals surface area contributed by atoms with Crippen molar-refractivity contribution in [2.45, 2.75) is 20.3 Å². The van der Waals surface area contributed by atoms with Crippen LogP contribution in [0.1, 0.15) is 27.9 Å². The van der Waals surface area contributed by atoms with Crippen LogP contribution in [0.5, 0.6) is 5.75 Å². The number of likely N-dealkylation sites (N-methyl/N-ethyl adjacent to an activating group) is 1. The molecule has 0 spiro atoms. The molecule has 1 amide bonds. The summed E-state index contributed by atoms with van der Waals surface area (Å²) in [5.74, 6) is -0.153. The number of ether oxygens (including phenoxy) is 1. The Hall–Kier alpha value is -1.59. The molecule has 0 bridgehead atoms. The lowest BCUT2D eigenvalue weighted by Gasteiger charge is -2.16. The molecule has 0 radical (unpaired) electrons. The summed E-state index contributed by atoms with van der Waals surface area (Å²) in [6, 6.07) is 3.51. The van der Waals surface area contributed by atoms with Crippen molar-refractivity contribution in [3.05, 3.63) is 28.8 Å². The number of nitrogens with one attached hydrogen (secondary N) is 1. The maximum absolute atomic E-state index is 12.0. The minimum absolute atomic E-state index is 0.0738. The molecule has 0 aliphatic carbocycles. The first-order chi connectivity index (χ1) is 9.97. The van der Waals surface area contributed by atoms with Gasteiger partial charge in [-0.2, -0.15) is 0 Å². The summed E-state index contributed by atoms with van der Waals surface area (Å²) in [4.78, 5) is 14.2. The number of carbonyl (C=O) groups excluding carboxylic acids is 1. The second-order valence-corrected chi connectivity index (χ2v) is 5.31. The Balaban J connectivity index is 2.40. The summed E-state index contributed by atoms with van der Waals surface area (Å²) >= 11 is 0. The number of carbonyl (C=O) groups is 1. The van der Waals surface area contributed by atoms with E-state index in [0.717, 1.165) is 30.6 Å². The van der Waals surface area contributed by atoms with Crippen molar-refractivity contribution >= 4 is 5.91 Å². The fourth-order valence-electron chi connectivity index (χ4n) is 1.99. The molecule has 1 aromatic carbocycles. The summed E-state index contributed by atoms with van der Waals surface area (Å²) in [6.07, 6.45) is 0.859. The van der Waals surface area contributed by atoms with Crippen LogP contribution in [0.2, 0.25) is 0 Å². The molecule has 0 unspecified atom stereocenters. The van der Waals surface area contributed by atoms with Gasteiger partial charge in [0.05, 0.1) is 12.2 Å². The summed E-state index contributed by atoms with van der Waals surface area (Å²) in [7, 11) is 3.71. The lowest BCUT2D eigenvalue weighted by molar-refractivity contribution is 0.0948. The van der Waals surface area contributed by atoms with Crippen molar-refractivity contribution in [2.24, 2.45) is 0 Å². The Labute approximate surface area is 126 Å². The predicted molar refractivity (Wildman–Crippen MR) is 83.9 cm³/mol. The number of benzene rings is 1. The topological polar surface area (TPSA) is 61.8 Å². The van der Waals surface area contributed by atoms with Gasteiger partial charge in [0, 0.05) is 20.2 Å². The van der Waals surface area contributed by atoms with E-state index in [9.17, 15) is 9.90 Å². The van der Waals surface area contributed by atoms with Gasteiger partial charge in [0.1, 0.15) is 5.75 Å². The zero-order valence-electron chi connectivity index (χ0n) is 13.4. The van der Waals surface area contributed by atoms with Crippen LogP contribution in [0.3, 0.4) is 0 Å². The minimum Gasteiger partial charge on any atom is -0.507 e. The van der Waals surface area contributed by atoms with E-state index in [1.807, 2.05) is 27.0 Å². The summed E-state index contributed by atoms with van der Waals surface area (Å²) in [5.41, 5.74) is 2.07. The first-order valence-electron chi connectivity index (χ1n) is 7.22. The third-order valence-electron chi connectivity index (χ3n) is 3.63. The van der Waals surface area contributed by atoms with Crippen LogP contribution in [0.4, 0.5) is 0 Å². The number of hydrogen-bond acceptors (Lipinski definition) is 4. The molecule has 0 saturated heterocycles. The Kier molecular flexibility index (Phi) is 7.19. The van der Waals surface area contributed by atoms with Crippen molar-refractivity contribution in [1.29, 1.82) is 0 Å². The van der Waals surface area contributed by atoms with E-state index in [0.29, 0.717) is 18.7 Å². The number of amides is 1. The molecule has 0 saturated carbocycles. The Morgan fingerprint density at radius 1 is 1.33 bits per heavy atom. The van der Waals surface area contributed by atoms with Gasteiger partial charge in [-0.3, -0.25) is 4.79 Å². The zero-order chi connectivity index (χ0) is 15.8. The van der Waals surface area contributed by atoms with Crippen LogP contribution in [-0.2, 0) is 4.74 Å². The highest BCUT2D eigenvalue weighted by Gasteiger charge is 2.13. The molecule has 0 aliphatic rings. The molecule has 21 heavy (non-hydrogen) atoms. The van der Waals surface area contributed by atoms with Crippen molar-refractivity contribution in [1.82, 2.24) is 10.2 Å². The van der Waals surface area contributed by atoms with Crippen LogP contribution < -0.4 is 5.32 Å². The molecule has 1 rings (SSSR count). The van der Waals surface area contributed by atoms with Gasteiger partial charge in [-0.05, 0) is 51.1 Å². The summed E-state index contributed by atoms with van der Waals surface area (Å²) in [6.45, 7) is 6.78. The molecule has 118 valence electrons. The van der Waals surface area contributed by atoms with E-state index in [-0.39, 0.29) is 11.7 Å². The SMILES string of the molecule is COCCN(C)CCCNC(=O)c1ccc(C)c(C)c1O. The van der Waals surface area contributed by atoms with Gasteiger partial charge >= 0.3 is 0 Å². The second kappa shape index (κ2) is 8.64. The standard InChI is InChI=1S/C16H26N2O3/c1-12-6-7-14(15(19)13(12)2)16(20)17-8-5-9-18(3)10-11-21-4/h6-7,19H,5,8-11H2,1-4H3,(H,17,20). The molecule has 0 aliphatic heterocycles. The van der Waals surface area contributed by atoms with E-state index < -0.39 is 0 Å². The average Bonchev–Trinajstić information content (AvgIpc) is 2.47. The molecule has 0 heterocycles. The summed E-state index contributed by atoms with van der Waals surface area (Å²) in [5, 5.41) is 12.8. The molecule has 5 nitrogen and oxygen atoms in total. The van der Waals surface area contributed by atoms with Gasteiger partial charge in [-0.15, -0.1) is 0 Å². The van der Waals surface area contributed by atoms with Gasteiger partial charge in [0.2, 0.25) is 0 Å². The lowest BCUT2D eigenvalue weighted by atomic mass is 10.0. The minimum atomic E-state index is -0.227. The number of aryl methyl sites for hydroxylation is 1. The maximum atomic E-state index is 12.0. The largest absolute Gasteiger partial charge is 0.507 e. The van der Waals surface area contributed by atoms with E-state index in [4.69, 9.17) is 4.74 Å². The van der Waals surface area contributed by atoms with Crippen LogP contribution in [0.25, 0.3) is 0 Å². The molecular formula is C16H26N2O3. The van der Waals surface area contributed by atoms with Gasteiger partial charge in [-0.25, -0.2) is 0 Å². The number of nitrogens with zero attached hydrogens (tertiary/aromatic N) is 1. The van der Waals surface area contributed by atoms with Gasteiger partial charge in [0.25, 0.3) is 5.91 Å². The maximum Gasteiger partial charge on any atom is 0.255 e. The number of rotatable bonds is 8. The fourth-order valence-corrected chi connectivity index (χ4v) is 1.99. The van der Waals surface area contributed by atoms with Crippen molar-refractivity contribution in [2.75, 3.05) is 40.4 Å². The smallest absolute Gasteiger partial charge is 0.255 e. The monoisotopic (exact) mass is 294 g/mol. The van der Waals surface area contributed by atoms with E-state index >= 15 is 0 Å². The first kappa shape index (κ1) is 17.5. The molecule has 0 aromatic heterocycles. The van der Waals surface area contributed by atoms with Crippen LogP contribution >= 0.6 is 0 Å². The van der Waals surface area contributed by atoms with Crippen LogP contribution in [0, 0.1) is 13.8 Å². The quantitative estimate of drug-likeness (QED) is 0.717. The number of phenolic OH excluding ortho intramolecular Hbond substituents is 1. The molecular weight excluding hydrogens is 268 g/mol. The number of hydrogen-bond donors (Lipinski definition) is 2. The number of phenols is 1. The molecule has 1 aromatic rings. The number of methoxy groups -OCH3 is 1. The highest BCUT2D eigenvalue weighted by Crippen LogP contribution is 2.24. The molecule has 0 atom stereocenters. The Morgan fingerprint density at radius 3 is 2.71 bits per heavy atom. The Morgan fingerprint density at radius 2 is 2.05 bits per heavy atom. The summed E-state index contributed by atoms with van der Waals surface area (Å²) < 4.78 is 5.01. The van der Waals surface area contributed by atoms with Gasteiger partial charge in [0.15, 0.2) is 0 Å². The van der Waals surface area contributed by atoms with Crippen molar-refractivity contribution in [3.8, 4) is 5.75 Å². The first-order valence-corrected chi connectivity index (χ1v) is 7.22. The van der Waals surface area contributed by atoms with E-state index in [2.05, 4.69) is 10.2 Å². The fraction of sp³-hybridized carbons (Fsp3) is 0.562. The van der Waals surface area contributed by atoms with Crippen LogP contribution in [-0.4, -0.2) is 56.3 Å². The predicted octanol–water partition coefficient (Wildman–Crippen LogP) is 1.71. The molecule has 5 heteroatoms. The highest BCUT2D eigenvalue weighted by molar-refractivity contribution is 5.97. The van der Waals surface area contributed by atoms with E-state index in [1.54, 1.807) is 13.2 Å². The van der Waals surface area contributed by atoms with Gasteiger partial charge in [-0.1, -0.05) is 6.07 Å². The Bertz CT molecular complexity index is 475. The van der Waals surface area contributed by atoms with E-state index in [1.165, 1.54) is 0 Å². The van der Waals surface area contributed by atoms with Crippen molar-refractivity contribution < 1.29 is 14.6 Å². The third kappa shape index (κ3) is 5.36. The average molecular weight is 294 g/mol. The van der Waals surface area contributed by atoms with Gasteiger partial charge < -0.3 is 20.1 Å². The molecule has 2 N–H and O–H groups in total.